The predicted molar refractivity (Wildman–Crippen MR) is 132 cm³/mol. The van der Waals surface area contributed by atoms with E-state index in [9.17, 15) is 9.59 Å². The van der Waals surface area contributed by atoms with Gasteiger partial charge in [-0.25, -0.2) is 0 Å². The van der Waals surface area contributed by atoms with E-state index < -0.39 is 0 Å². The first kappa shape index (κ1) is 22.2. The van der Waals surface area contributed by atoms with Gasteiger partial charge in [-0.2, -0.15) is 0 Å². The molecule has 2 amide bonds. The summed E-state index contributed by atoms with van der Waals surface area (Å²) in [5.41, 5.74) is 4.91. The lowest BCUT2D eigenvalue weighted by molar-refractivity contribution is -0.128. The number of rotatable bonds is 7. The van der Waals surface area contributed by atoms with Crippen LogP contribution in [0.5, 0.6) is 0 Å². The van der Waals surface area contributed by atoms with Gasteiger partial charge in [-0.05, 0) is 53.3 Å². The van der Waals surface area contributed by atoms with Crippen LogP contribution in [0.2, 0.25) is 0 Å². The van der Waals surface area contributed by atoms with Gasteiger partial charge in [0.15, 0.2) is 0 Å². The van der Waals surface area contributed by atoms with Crippen molar-refractivity contribution in [2.75, 3.05) is 17.6 Å². The van der Waals surface area contributed by atoms with Gasteiger partial charge in [-0.3, -0.25) is 9.59 Å². The minimum Gasteiger partial charge on any atom is -0.326 e. The normalized spacial score (nSPS) is 15.9. The van der Waals surface area contributed by atoms with E-state index in [0.29, 0.717) is 23.8 Å². The van der Waals surface area contributed by atoms with Crippen molar-refractivity contribution in [1.29, 1.82) is 0 Å². The van der Waals surface area contributed by atoms with Gasteiger partial charge >= 0.3 is 0 Å². The minimum atomic E-state index is -0.134. The fourth-order valence-electron chi connectivity index (χ4n) is 3.82. The van der Waals surface area contributed by atoms with Crippen LogP contribution in [0.1, 0.15) is 52.2 Å². The lowest BCUT2D eigenvalue weighted by atomic mass is 10.0. The number of nitrogens with one attached hydrogen (secondary N) is 1. The van der Waals surface area contributed by atoms with Gasteiger partial charge in [0.05, 0.1) is 5.75 Å². The lowest BCUT2D eigenvalue weighted by Gasteiger charge is -2.24. The molecule has 1 fully saturated rings. The van der Waals surface area contributed by atoms with Gasteiger partial charge in [-0.1, -0.05) is 68.4 Å². The molecular weight excluding hydrogens is 416 g/mol. The Morgan fingerprint density at radius 1 is 1.00 bits per heavy atom. The molecule has 4 nitrogen and oxygen atoms in total. The Labute approximate surface area is 194 Å². The van der Waals surface area contributed by atoms with E-state index in [1.54, 1.807) is 11.8 Å². The molecule has 1 atom stereocenters. The van der Waals surface area contributed by atoms with Crippen LogP contribution in [-0.2, 0) is 11.2 Å². The maximum absolute atomic E-state index is 12.7. The molecule has 32 heavy (non-hydrogen) atoms. The predicted octanol–water partition coefficient (Wildman–Crippen LogP) is 5.88. The summed E-state index contributed by atoms with van der Waals surface area (Å²) in [6.07, 6.45) is 0.833. The second-order valence-electron chi connectivity index (χ2n) is 8.34. The number of amides is 2. The van der Waals surface area contributed by atoms with Crippen LogP contribution in [0.4, 0.5) is 5.69 Å². The van der Waals surface area contributed by atoms with Gasteiger partial charge in [0.2, 0.25) is 5.91 Å². The number of carbonyl (C=O) groups is 2. The van der Waals surface area contributed by atoms with E-state index >= 15 is 0 Å². The molecule has 1 aliphatic heterocycles. The van der Waals surface area contributed by atoms with Crippen molar-refractivity contribution in [1.82, 2.24) is 4.90 Å². The summed E-state index contributed by atoms with van der Waals surface area (Å²) in [5, 5.41) is 2.95. The van der Waals surface area contributed by atoms with Gasteiger partial charge in [-0.15, -0.1) is 11.8 Å². The van der Waals surface area contributed by atoms with Crippen molar-refractivity contribution < 1.29 is 9.59 Å². The molecule has 5 heteroatoms. The second-order valence-corrected chi connectivity index (χ2v) is 9.41. The molecule has 0 aliphatic carbocycles. The Kier molecular flexibility index (Phi) is 6.96. The highest BCUT2D eigenvalue weighted by atomic mass is 32.2. The Morgan fingerprint density at radius 3 is 2.34 bits per heavy atom. The number of nitrogens with zero attached hydrogens (tertiary/aromatic N) is 1. The quantitative estimate of drug-likeness (QED) is 0.495. The van der Waals surface area contributed by atoms with Gasteiger partial charge in [0.25, 0.3) is 5.91 Å². The molecule has 0 radical (unpaired) electrons. The molecule has 164 valence electrons. The number of hydrogen-bond acceptors (Lipinski definition) is 3. The molecule has 0 bridgehead atoms. The van der Waals surface area contributed by atoms with Crippen molar-refractivity contribution in [2.45, 2.75) is 31.6 Å². The average Bonchev–Trinajstić information content (AvgIpc) is 3.19. The van der Waals surface area contributed by atoms with Gasteiger partial charge in [0.1, 0.15) is 5.37 Å². The molecule has 3 aromatic carbocycles. The lowest BCUT2D eigenvalue weighted by Crippen LogP contribution is -2.30. The fourth-order valence-corrected chi connectivity index (χ4v) is 5.04. The SMILES string of the molecule is CC(C)c1ccc(NC(=O)c2ccc([C@H]3SCC(=O)N3CCc3ccccc3)cc2)cc1. The number of anilines is 1. The number of thioether (sulfide) groups is 1. The van der Waals surface area contributed by atoms with Crippen molar-refractivity contribution in [3.63, 3.8) is 0 Å². The van der Waals surface area contributed by atoms with Crippen LogP contribution in [0, 0.1) is 0 Å². The highest BCUT2D eigenvalue weighted by Crippen LogP contribution is 2.38. The van der Waals surface area contributed by atoms with Crippen LogP contribution in [0.3, 0.4) is 0 Å². The third-order valence-electron chi connectivity index (χ3n) is 5.75. The zero-order valence-electron chi connectivity index (χ0n) is 18.5. The molecule has 0 spiro atoms. The monoisotopic (exact) mass is 444 g/mol. The van der Waals surface area contributed by atoms with Crippen molar-refractivity contribution >= 4 is 29.3 Å². The third kappa shape index (κ3) is 5.22. The number of hydrogen-bond donors (Lipinski definition) is 1. The van der Waals surface area contributed by atoms with Gasteiger partial charge < -0.3 is 10.2 Å². The van der Waals surface area contributed by atoms with E-state index in [1.165, 1.54) is 11.1 Å². The molecular formula is C27H28N2O2S. The van der Waals surface area contributed by atoms with Crippen molar-refractivity contribution in [3.8, 4) is 0 Å². The van der Waals surface area contributed by atoms with Crippen molar-refractivity contribution in [3.05, 3.63) is 101 Å². The summed E-state index contributed by atoms with van der Waals surface area (Å²) in [6.45, 7) is 4.98. The summed E-state index contributed by atoms with van der Waals surface area (Å²) in [4.78, 5) is 27.1. The Morgan fingerprint density at radius 2 is 1.69 bits per heavy atom. The van der Waals surface area contributed by atoms with Crippen LogP contribution in [-0.4, -0.2) is 29.0 Å². The fraction of sp³-hybridized carbons (Fsp3) is 0.259. The number of benzene rings is 3. The maximum Gasteiger partial charge on any atom is 0.255 e. The molecule has 1 N–H and O–H groups in total. The second kappa shape index (κ2) is 10.0. The molecule has 1 saturated heterocycles. The first-order valence-corrected chi connectivity index (χ1v) is 12.0. The van der Waals surface area contributed by atoms with Crippen LogP contribution < -0.4 is 5.32 Å². The first-order valence-electron chi connectivity index (χ1n) is 11.0. The molecule has 0 aromatic heterocycles. The van der Waals surface area contributed by atoms with Gasteiger partial charge in [0, 0.05) is 17.8 Å². The topological polar surface area (TPSA) is 49.4 Å². The first-order chi connectivity index (χ1) is 15.5. The maximum atomic E-state index is 12.7. The molecule has 0 unspecified atom stereocenters. The van der Waals surface area contributed by atoms with E-state index in [-0.39, 0.29) is 17.2 Å². The average molecular weight is 445 g/mol. The molecule has 1 aliphatic rings. The summed E-state index contributed by atoms with van der Waals surface area (Å²) >= 11 is 1.64. The summed E-state index contributed by atoms with van der Waals surface area (Å²) in [6, 6.07) is 25.8. The summed E-state index contributed by atoms with van der Waals surface area (Å²) < 4.78 is 0. The largest absolute Gasteiger partial charge is 0.326 e. The molecule has 0 saturated carbocycles. The Balaban J connectivity index is 1.40. The summed E-state index contributed by atoms with van der Waals surface area (Å²) in [7, 11) is 0. The van der Waals surface area contributed by atoms with E-state index in [0.717, 1.165) is 17.7 Å². The zero-order chi connectivity index (χ0) is 22.5. The van der Waals surface area contributed by atoms with Crippen LogP contribution >= 0.6 is 11.8 Å². The Hall–Kier alpha value is -3.05. The standard InChI is InChI=1S/C27H28N2O2S/c1-19(2)21-12-14-24(15-13-21)28-26(31)22-8-10-23(11-9-22)27-29(25(30)18-32-27)17-16-20-6-4-3-5-7-20/h3-15,19,27H,16-18H2,1-2H3,(H,28,31)/t27-/m1/s1. The molecule has 3 aromatic rings. The van der Waals surface area contributed by atoms with E-state index in [2.05, 4.69) is 31.3 Å². The highest BCUT2D eigenvalue weighted by molar-refractivity contribution is 8.00. The van der Waals surface area contributed by atoms with Crippen LogP contribution in [0.25, 0.3) is 0 Å². The minimum absolute atomic E-state index is 0.00750. The Bertz CT molecular complexity index is 1060. The van der Waals surface area contributed by atoms with Crippen LogP contribution in [0.15, 0.2) is 78.9 Å². The smallest absolute Gasteiger partial charge is 0.255 e. The highest BCUT2D eigenvalue weighted by Gasteiger charge is 2.32. The number of carbonyl (C=O) groups excluding carboxylic acids is 2. The molecule has 1 heterocycles. The van der Waals surface area contributed by atoms with E-state index in [1.807, 2.05) is 71.6 Å². The molecule has 4 rings (SSSR count). The van der Waals surface area contributed by atoms with Crippen molar-refractivity contribution in [2.24, 2.45) is 0 Å². The van der Waals surface area contributed by atoms with E-state index in [4.69, 9.17) is 0 Å². The summed E-state index contributed by atoms with van der Waals surface area (Å²) in [5.74, 6) is 0.987. The third-order valence-corrected chi connectivity index (χ3v) is 7.00. The zero-order valence-corrected chi connectivity index (χ0v) is 19.3.